The molecule has 0 saturated heterocycles. The molecule has 0 radical (unpaired) electrons. The summed E-state index contributed by atoms with van der Waals surface area (Å²) in [6.45, 7) is 0. The molecule has 0 aliphatic carbocycles. The molecule has 0 amide bonds. The molecule has 0 bridgehead atoms. The molecule has 2 aromatic heterocycles. The van der Waals surface area contributed by atoms with E-state index < -0.39 is 5.97 Å². The highest BCUT2D eigenvalue weighted by Crippen LogP contribution is 2.09. The average molecular weight is 191 g/mol. The smallest absolute Gasteiger partial charge is 0.303 e. The lowest BCUT2D eigenvalue weighted by molar-refractivity contribution is -0.136. The van der Waals surface area contributed by atoms with E-state index in [9.17, 15) is 4.79 Å². The first kappa shape index (κ1) is 8.68. The molecule has 0 aliphatic heterocycles. The van der Waals surface area contributed by atoms with Crippen molar-refractivity contribution >= 4 is 11.6 Å². The number of rotatable bonds is 3. The van der Waals surface area contributed by atoms with Gasteiger partial charge >= 0.3 is 5.97 Å². The van der Waals surface area contributed by atoms with E-state index in [-0.39, 0.29) is 6.42 Å². The van der Waals surface area contributed by atoms with Crippen LogP contribution in [0.3, 0.4) is 0 Å². The Morgan fingerprint density at radius 3 is 3.21 bits per heavy atom. The molecule has 2 rings (SSSR count). The minimum Gasteiger partial charge on any atom is -0.481 e. The molecule has 1 N–H and O–H groups in total. The van der Waals surface area contributed by atoms with Crippen molar-refractivity contribution < 1.29 is 9.90 Å². The molecule has 2 aromatic rings. The molecule has 5 heteroatoms. The fraction of sp³-hybridized carbons (Fsp3) is 0.222. The molecule has 0 aromatic carbocycles. The van der Waals surface area contributed by atoms with Gasteiger partial charge in [-0.05, 0) is 18.1 Å². The van der Waals surface area contributed by atoms with E-state index >= 15 is 0 Å². The number of aromatic nitrogens is 3. The first-order valence-corrected chi connectivity index (χ1v) is 4.26. The summed E-state index contributed by atoms with van der Waals surface area (Å²) < 4.78 is 1.77. The summed E-state index contributed by atoms with van der Waals surface area (Å²) in [4.78, 5) is 10.4. The van der Waals surface area contributed by atoms with Crippen LogP contribution in [0.1, 0.15) is 12.0 Å². The Kier molecular flexibility index (Phi) is 2.14. The average Bonchev–Trinajstić information content (AvgIpc) is 2.62. The van der Waals surface area contributed by atoms with Crippen LogP contribution in [0.5, 0.6) is 0 Å². The lowest BCUT2D eigenvalue weighted by Crippen LogP contribution is -1.99. The Balaban J connectivity index is 2.32. The van der Waals surface area contributed by atoms with E-state index in [1.165, 1.54) is 0 Å². The predicted octanol–water partition coefficient (Wildman–Crippen LogP) is 0.746. The summed E-state index contributed by atoms with van der Waals surface area (Å²) in [5.41, 5.74) is 1.64. The van der Waals surface area contributed by atoms with Gasteiger partial charge in [-0.3, -0.25) is 9.20 Å². The molecule has 0 unspecified atom stereocenters. The number of hydrogen-bond acceptors (Lipinski definition) is 3. The third kappa shape index (κ3) is 1.56. The van der Waals surface area contributed by atoms with Crippen LogP contribution in [0.2, 0.25) is 0 Å². The monoisotopic (exact) mass is 191 g/mol. The molecule has 14 heavy (non-hydrogen) atoms. The van der Waals surface area contributed by atoms with Crippen molar-refractivity contribution in [3.8, 4) is 0 Å². The fourth-order valence-electron chi connectivity index (χ4n) is 1.34. The molecule has 0 atom stereocenters. The molecule has 0 spiro atoms. The molecule has 72 valence electrons. The van der Waals surface area contributed by atoms with Crippen LogP contribution in [-0.4, -0.2) is 25.7 Å². The van der Waals surface area contributed by atoms with Gasteiger partial charge in [-0.25, -0.2) is 0 Å². The third-order valence-corrected chi connectivity index (χ3v) is 2.01. The highest BCUT2D eigenvalue weighted by Gasteiger charge is 2.04. The number of carbonyl (C=O) groups is 1. The van der Waals surface area contributed by atoms with Crippen LogP contribution in [0.15, 0.2) is 24.7 Å². The first-order chi connectivity index (χ1) is 6.77. The Hall–Kier alpha value is -1.91. The Morgan fingerprint density at radius 1 is 1.57 bits per heavy atom. The van der Waals surface area contributed by atoms with Gasteiger partial charge in [0, 0.05) is 12.6 Å². The van der Waals surface area contributed by atoms with Crippen molar-refractivity contribution in [1.82, 2.24) is 14.6 Å². The van der Waals surface area contributed by atoms with Gasteiger partial charge in [0.15, 0.2) is 5.65 Å². The van der Waals surface area contributed by atoms with Crippen molar-refractivity contribution in [2.24, 2.45) is 0 Å². The van der Waals surface area contributed by atoms with Crippen LogP contribution in [0, 0.1) is 0 Å². The topological polar surface area (TPSA) is 67.5 Å². The lowest BCUT2D eigenvalue weighted by atomic mass is 10.1. The number of nitrogens with zero attached hydrogens (tertiary/aromatic N) is 3. The molecule has 0 aliphatic rings. The van der Waals surface area contributed by atoms with Crippen molar-refractivity contribution in [3.63, 3.8) is 0 Å². The number of carboxylic acids is 1. The predicted molar refractivity (Wildman–Crippen MR) is 48.9 cm³/mol. The zero-order chi connectivity index (χ0) is 9.97. The van der Waals surface area contributed by atoms with Gasteiger partial charge in [0.1, 0.15) is 6.33 Å². The molecule has 5 nitrogen and oxygen atoms in total. The van der Waals surface area contributed by atoms with E-state index in [1.807, 2.05) is 18.3 Å². The fourth-order valence-corrected chi connectivity index (χ4v) is 1.34. The molecule has 2 heterocycles. The normalized spacial score (nSPS) is 10.6. The second-order valence-electron chi connectivity index (χ2n) is 2.99. The number of pyridine rings is 1. The molecular weight excluding hydrogens is 182 g/mol. The van der Waals surface area contributed by atoms with Crippen LogP contribution >= 0.6 is 0 Å². The van der Waals surface area contributed by atoms with Gasteiger partial charge in [0.25, 0.3) is 0 Å². The summed E-state index contributed by atoms with van der Waals surface area (Å²) in [6, 6.07) is 3.72. The molecular formula is C9H9N3O2. The van der Waals surface area contributed by atoms with E-state index in [0.717, 1.165) is 11.2 Å². The second kappa shape index (κ2) is 3.45. The van der Waals surface area contributed by atoms with E-state index in [0.29, 0.717) is 6.42 Å². The van der Waals surface area contributed by atoms with Crippen LogP contribution in [-0.2, 0) is 11.2 Å². The van der Waals surface area contributed by atoms with Crippen LogP contribution in [0.4, 0.5) is 0 Å². The van der Waals surface area contributed by atoms with Crippen LogP contribution in [0.25, 0.3) is 5.65 Å². The summed E-state index contributed by atoms with van der Waals surface area (Å²) in [5, 5.41) is 16.2. The highest BCUT2D eigenvalue weighted by atomic mass is 16.4. The number of hydrogen-bond donors (Lipinski definition) is 1. The van der Waals surface area contributed by atoms with Crippen molar-refractivity contribution in [2.75, 3.05) is 0 Å². The Bertz CT molecular complexity index is 464. The van der Waals surface area contributed by atoms with E-state index in [4.69, 9.17) is 5.11 Å². The number of carboxylic acid groups (broad SMARTS) is 1. The largest absolute Gasteiger partial charge is 0.481 e. The standard InChI is InChI=1S/C9H9N3O2/c13-8(14)4-3-7-2-1-5-12-6-10-11-9(7)12/h1-2,5-6H,3-4H2,(H,13,14). The maximum Gasteiger partial charge on any atom is 0.303 e. The third-order valence-electron chi connectivity index (χ3n) is 2.01. The SMILES string of the molecule is O=C(O)CCc1cccn2cnnc12. The number of aliphatic carboxylic acids is 1. The second-order valence-corrected chi connectivity index (χ2v) is 2.99. The Labute approximate surface area is 80.0 Å². The van der Waals surface area contributed by atoms with Crippen molar-refractivity contribution in [2.45, 2.75) is 12.8 Å². The summed E-state index contributed by atoms with van der Waals surface area (Å²) in [5.74, 6) is -0.800. The van der Waals surface area contributed by atoms with Gasteiger partial charge in [-0.1, -0.05) is 6.07 Å². The minimum atomic E-state index is -0.800. The van der Waals surface area contributed by atoms with Crippen molar-refractivity contribution in [1.29, 1.82) is 0 Å². The highest BCUT2D eigenvalue weighted by molar-refractivity contribution is 5.67. The summed E-state index contributed by atoms with van der Waals surface area (Å²) in [6.07, 6.45) is 4.03. The van der Waals surface area contributed by atoms with Gasteiger partial charge in [-0.15, -0.1) is 10.2 Å². The zero-order valence-electron chi connectivity index (χ0n) is 7.42. The molecule has 0 fully saturated rings. The maximum absolute atomic E-state index is 10.4. The number of aryl methyl sites for hydroxylation is 1. The number of fused-ring (bicyclic) bond motifs is 1. The lowest BCUT2D eigenvalue weighted by Gasteiger charge is -1.99. The van der Waals surface area contributed by atoms with Gasteiger partial charge < -0.3 is 5.11 Å². The first-order valence-electron chi connectivity index (χ1n) is 4.26. The Morgan fingerprint density at radius 2 is 2.43 bits per heavy atom. The maximum atomic E-state index is 10.4. The van der Waals surface area contributed by atoms with Gasteiger partial charge in [0.2, 0.25) is 0 Å². The van der Waals surface area contributed by atoms with Crippen LogP contribution < -0.4 is 0 Å². The van der Waals surface area contributed by atoms with E-state index in [1.54, 1.807) is 10.7 Å². The van der Waals surface area contributed by atoms with E-state index in [2.05, 4.69) is 10.2 Å². The van der Waals surface area contributed by atoms with Gasteiger partial charge in [-0.2, -0.15) is 0 Å². The zero-order valence-corrected chi connectivity index (χ0v) is 7.42. The molecule has 0 saturated carbocycles. The minimum absolute atomic E-state index is 0.118. The van der Waals surface area contributed by atoms with Gasteiger partial charge in [0.05, 0.1) is 0 Å². The summed E-state index contributed by atoms with van der Waals surface area (Å²) >= 11 is 0. The van der Waals surface area contributed by atoms with Crippen molar-refractivity contribution in [3.05, 3.63) is 30.2 Å². The summed E-state index contributed by atoms with van der Waals surface area (Å²) in [7, 11) is 0. The quantitative estimate of drug-likeness (QED) is 0.777.